The summed E-state index contributed by atoms with van der Waals surface area (Å²) < 4.78 is 9.45. The Kier molecular flexibility index (Phi) is 6.96. The lowest BCUT2D eigenvalue weighted by Gasteiger charge is -2.02. The first-order chi connectivity index (χ1) is 6.13. The Balaban J connectivity index is 3.00. The first kappa shape index (κ1) is 11.9. The van der Waals surface area contributed by atoms with Crippen LogP contribution in [0.4, 0.5) is 0 Å². The Morgan fingerprint density at radius 1 is 0.846 bits per heavy atom. The fourth-order valence-corrected chi connectivity index (χ4v) is 0.813. The number of unbranched alkanes of at least 4 members (excludes halogenated alkanes) is 2. The normalized spacial score (nSPS) is 9.38. The van der Waals surface area contributed by atoms with E-state index in [-0.39, 0.29) is 11.9 Å². The zero-order valence-corrected chi connectivity index (χ0v) is 8.17. The van der Waals surface area contributed by atoms with E-state index in [1.54, 1.807) is 0 Å². The molecule has 0 atom stereocenters. The van der Waals surface area contributed by atoms with Crippen LogP contribution >= 0.6 is 0 Å². The van der Waals surface area contributed by atoms with Gasteiger partial charge in [-0.15, -0.1) is 0 Å². The maximum absolute atomic E-state index is 10.3. The molecule has 0 aromatic heterocycles. The van der Waals surface area contributed by atoms with E-state index in [4.69, 9.17) is 9.47 Å². The molecule has 0 saturated carbocycles. The van der Waals surface area contributed by atoms with E-state index in [0.717, 1.165) is 19.3 Å². The Labute approximate surface area is 78.2 Å². The summed E-state index contributed by atoms with van der Waals surface area (Å²) in [5.41, 5.74) is 0. The Morgan fingerprint density at radius 3 is 1.54 bits per heavy atom. The average Bonchev–Trinajstić information content (AvgIpc) is 2.01. The minimum Gasteiger partial charge on any atom is -0.466 e. The van der Waals surface area contributed by atoms with Crippen LogP contribution in [-0.4, -0.2) is 25.2 Å². The van der Waals surface area contributed by atoms with Gasteiger partial charge in [-0.05, 0) is 19.3 Å². The number of hydrogen-bond acceptors (Lipinski definition) is 4. The molecular weight excluding hydrogens is 172 g/mol. The van der Waals surface area contributed by atoms with Crippen molar-refractivity contribution in [2.24, 2.45) is 0 Å². The summed E-state index contributed by atoms with van der Waals surface area (Å²) in [5, 5.41) is 0. The van der Waals surface area contributed by atoms with Gasteiger partial charge in [-0.25, -0.2) is 0 Å². The van der Waals surface area contributed by atoms with Crippen molar-refractivity contribution in [1.29, 1.82) is 0 Å². The maximum atomic E-state index is 10.3. The van der Waals surface area contributed by atoms with Crippen LogP contribution in [0.15, 0.2) is 0 Å². The lowest BCUT2D eigenvalue weighted by Crippen LogP contribution is -2.03. The van der Waals surface area contributed by atoms with Crippen molar-refractivity contribution in [3.63, 3.8) is 0 Å². The summed E-state index contributed by atoms with van der Waals surface area (Å²) in [6.45, 7) is 3.68. The number of carbonyl (C=O) groups is 2. The predicted octanol–water partition coefficient (Wildman–Crippen LogP) is 1.28. The largest absolute Gasteiger partial charge is 0.466 e. The third-order valence-electron chi connectivity index (χ3n) is 1.40. The molecular formula is C9H16O4. The van der Waals surface area contributed by atoms with Crippen LogP contribution in [0.1, 0.15) is 33.1 Å². The monoisotopic (exact) mass is 188 g/mol. The van der Waals surface area contributed by atoms with Gasteiger partial charge in [0.15, 0.2) is 0 Å². The van der Waals surface area contributed by atoms with E-state index in [2.05, 4.69) is 0 Å². The van der Waals surface area contributed by atoms with Crippen molar-refractivity contribution in [3.05, 3.63) is 0 Å². The highest BCUT2D eigenvalue weighted by Gasteiger charge is 1.95. The van der Waals surface area contributed by atoms with Crippen molar-refractivity contribution in [2.45, 2.75) is 33.1 Å². The van der Waals surface area contributed by atoms with Crippen LogP contribution < -0.4 is 0 Å². The molecule has 0 fully saturated rings. The number of ether oxygens (including phenoxy) is 2. The van der Waals surface area contributed by atoms with Gasteiger partial charge in [0, 0.05) is 13.8 Å². The molecule has 0 spiro atoms. The zero-order chi connectivity index (χ0) is 10.1. The van der Waals surface area contributed by atoms with Crippen molar-refractivity contribution < 1.29 is 19.1 Å². The average molecular weight is 188 g/mol. The molecule has 13 heavy (non-hydrogen) atoms. The summed E-state index contributed by atoms with van der Waals surface area (Å²) in [6, 6.07) is 0. The van der Waals surface area contributed by atoms with Crippen molar-refractivity contribution in [1.82, 2.24) is 0 Å². The van der Waals surface area contributed by atoms with Crippen LogP contribution in [0, 0.1) is 0 Å². The first-order valence-electron chi connectivity index (χ1n) is 4.39. The number of esters is 2. The molecule has 76 valence electrons. The van der Waals surface area contributed by atoms with Crippen LogP contribution in [-0.2, 0) is 19.1 Å². The summed E-state index contributed by atoms with van der Waals surface area (Å²) in [4.78, 5) is 20.7. The summed E-state index contributed by atoms with van der Waals surface area (Å²) in [5.74, 6) is -0.500. The molecule has 0 aromatic rings. The summed E-state index contributed by atoms with van der Waals surface area (Å²) in [6.07, 6.45) is 2.54. The van der Waals surface area contributed by atoms with E-state index >= 15 is 0 Å². The standard InChI is InChI=1S/C9H16O4/c1-8(10)12-6-4-3-5-7-13-9(2)11/h3-7H2,1-2H3. The molecule has 0 bridgehead atoms. The quantitative estimate of drug-likeness (QED) is 0.465. The van der Waals surface area contributed by atoms with E-state index in [9.17, 15) is 9.59 Å². The molecule has 0 aliphatic rings. The maximum Gasteiger partial charge on any atom is 0.302 e. The van der Waals surface area contributed by atoms with Gasteiger partial charge >= 0.3 is 11.9 Å². The molecule has 0 aliphatic heterocycles. The minimum atomic E-state index is -0.250. The van der Waals surface area contributed by atoms with Crippen LogP contribution in [0.25, 0.3) is 0 Å². The molecule has 4 nitrogen and oxygen atoms in total. The number of rotatable bonds is 6. The molecule has 0 heterocycles. The van der Waals surface area contributed by atoms with Gasteiger partial charge in [0.2, 0.25) is 0 Å². The van der Waals surface area contributed by atoms with Crippen LogP contribution in [0.5, 0.6) is 0 Å². The van der Waals surface area contributed by atoms with Crippen molar-refractivity contribution in [2.75, 3.05) is 13.2 Å². The van der Waals surface area contributed by atoms with Gasteiger partial charge in [-0.1, -0.05) is 0 Å². The third kappa shape index (κ3) is 10.9. The van der Waals surface area contributed by atoms with Gasteiger partial charge in [0.05, 0.1) is 13.2 Å². The van der Waals surface area contributed by atoms with Gasteiger partial charge in [0.25, 0.3) is 0 Å². The topological polar surface area (TPSA) is 52.6 Å². The SMILES string of the molecule is CC(=O)OCCCCCOC(C)=O. The minimum absolute atomic E-state index is 0.250. The Morgan fingerprint density at radius 2 is 1.23 bits per heavy atom. The predicted molar refractivity (Wildman–Crippen MR) is 47.1 cm³/mol. The molecule has 0 rings (SSSR count). The van der Waals surface area contributed by atoms with Gasteiger partial charge in [-0.3, -0.25) is 9.59 Å². The fraction of sp³-hybridized carbons (Fsp3) is 0.778. The van der Waals surface area contributed by atoms with E-state index in [1.165, 1.54) is 13.8 Å². The molecule has 0 aliphatic carbocycles. The fourth-order valence-electron chi connectivity index (χ4n) is 0.813. The Hall–Kier alpha value is -1.06. The highest BCUT2D eigenvalue weighted by Crippen LogP contribution is 1.96. The molecule has 4 heteroatoms. The highest BCUT2D eigenvalue weighted by molar-refractivity contribution is 5.66. The van der Waals surface area contributed by atoms with Gasteiger partial charge in [-0.2, -0.15) is 0 Å². The smallest absolute Gasteiger partial charge is 0.302 e. The molecule has 0 amide bonds. The highest BCUT2D eigenvalue weighted by atomic mass is 16.5. The van der Waals surface area contributed by atoms with Gasteiger partial charge in [0.1, 0.15) is 0 Å². The Bertz CT molecular complexity index is 147. The summed E-state index contributed by atoms with van der Waals surface area (Å²) in [7, 11) is 0. The summed E-state index contributed by atoms with van der Waals surface area (Å²) >= 11 is 0. The number of hydrogen-bond donors (Lipinski definition) is 0. The lowest BCUT2D eigenvalue weighted by molar-refractivity contribution is -0.141. The van der Waals surface area contributed by atoms with Gasteiger partial charge < -0.3 is 9.47 Å². The third-order valence-corrected chi connectivity index (χ3v) is 1.40. The molecule has 0 N–H and O–H groups in total. The second-order valence-corrected chi connectivity index (χ2v) is 2.74. The number of carbonyl (C=O) groups excluding carboxylic acids is 2. The van der Waals surface area contributed by atoms with Crippen LogP contribution in [0.2, 0.25) is 0 Å². The second-order valence-electron chi connectivity index (χ2n) is 2.74. The first-order valence-corrected chi connectivity index (χ1v) is 4.39. The zero-order valence-electron chi connectivity index (χ0n) is 8.17. The molecule has 0 aromatic carbocycles. The van der Waals surface area contributed by atoms with Crippen molar-refractivity contribution in [3.8, 4) is 0 Å². The molecule has 0 saturated heterocycles. The second kappa shape index (κ2) is 7.58. The van der Waals surface area contributed by atoms with E-state index < -0.39 is 0 Å². The van der Waals surface area contributed by atoms with E-state index in [1.807, 2.05) is 0 Å². The molecule has 0 unspecified atom stereocenters. The van der Waals surface area contributed by atoms with E-state index in [0.29, 0.717) is 13.2 Å². The lowest BCUT2D eigenvalue weighted by atomic mass is 10.2. The van der Waals surface area contributed by atoms with Crippen LogP contribution in [0.3, 0.4) is 0 Å². The molecule has 0 radical (unpaired) electrons. The van der Waals surface area contributed by atoms with Crippen molar-refractivity contribution >= 4 is 11.9 Å².